The van der Waals surface area contributed by atoms with E-state index in [2.05, 4.69) is 30.2 Å². The van der Waals surface area contributed by atoms with Gasteiger partial charge in [-0.25, -0.2) is 4.98 Å². The van der Waals surface area contributed by atoms with Crippen LogP contribution in [0.25, 0.3) is 0 Å². The molecule has 1 amide bonds. The molecule has 1 aromatic heterocycles. The van der Waals surface area contributed by atoms with Gasteiger partial charge in [0.1, 0.15) is 12.0 Å². The zero-order chi connectivity index (χ0) is 18.3. The number of anilines is 2. The Morgan fingerprint density at radius 3 is 2.62 bits per heavy atom. The summed E-state index contributed by atoms with van der Waals surface area (Å²) in [6.07, 6.45) is 1.23. The lowest BCUT2D eigenvalue weighted by atomic mass is 10.1. The number of halogens is 1. The molecule has 4 nitrogen and oxygen atoms in total. The number of aromatic nitrogens is 1. The second-order valence-corrected chi connectivity index (χ2v) is 6.83. The minimum Gasteiger partial charge on any atom is -0.361 e. The first-order valence-corrected chi connectivity index (χ1v) is 8.81. The zero-order valence-corrected chi connectivity index (χ0v) is 15.3. The van der Waals surface area contributed by atoms with Gasteiger partial charge in [-0.05, 0) is 49.2 Å². The molecule has 26 heavy (non-hydrogen) atoms. The first kappa shape index (κ1) is 16.6. The SMILES string of the molecule is Cc1cccc(N[C@H]2c3ccccc3C(=O)N2c2ccc(Cl)cn2)c1C. The van der Waals surface area contributed by atoms with Gasteiger partial charge in [0.15, 0.2) is 0 Å². The van der Waals surface area contributed by atoms with Crippen LogP contribution in [0, 0.1) is 13.8 Å². The molecule has 2 aromatic carbocycles. The summed E-state index contributed by atoms with van der Waals surface area (Å²) in [6, 6.07) is 17.3. The maximum Gasteiger partial charge on any atom is 0.261 e. The van der Waals surface area contributed by atoms with Crippen molar-refractivity contribution in [3.8, 4) is 0 Å². The number of nitrogens with zero attached hydrogens (tertiary/aromatic N) is 2. The molecule has 0 spiro atoms. The predicted octanol–water partition coefficient (Wildman–Crippen LogP) is 5.12. The van der Waals surface area contributed by atoms with E-state index in [0.29, 0.717) is 16.4 Å². The Morgan fingerprint density at radius 2 is 1.85 bits per heavy atom. The number of carbonyl (C=O) groups excluding carboxylic acids is 1. The molecule has 0 unspecified atom stereocenters. The van der Waals surface area contributed by atoms with Gasteiger partial charge in [-0.15, -0.1) is 0 Å². The molecule has 2 heterocycles. The highest BCUT2D eigenvalue weighted by atomic mass is 35.5. The summed E-state index contributed by atoms with van der Waals surface area (Å²) in [4.78, 5) is 19.1. The summed E-state index contributed by atoms with van der Waals surface area (Å²) < 4.78 is 0. The number of rotatable bonds is 3. The lowest BCUT2D eigenvalue weighted by Crippen LogP contribution is -2.33. The van der Waals surface area contributed by atoms with Crippen molar-refractivity contribution < 1.29 is 4.79 Å². The number of nitrogens with one attached hydrogen (secondary N) is 1. The first-order chi connectivity index (χ1) is 12.6. The predicted molar refractivity (Wildman–Crippen MR) is 105 cm³/mol. The number of fused-ring (bicyclic) bond motifs is 1. The summed E-state index contributed by atoms with van der Waals surface area (Å²) in [7, 11) is 0. The van der Waals surface area contributed by atoms with E-state index in [4.69, 9.17) is 11.6 Å². The Bertz CT molecular complexity index is 985. The van der Waals surface area contributed by atoms with E-state index in [1.165, 1.54) is 5.56 Å². The smallest absolute Gasteiger partial charge is 0.261 e. The molecule has 0 fully saturated rings. The molecule has 0 saturated carbocycles. The van der Waals surface area contributed by atoms with Crippen LogP contribution in [0.2, 0.25) is 5.02 Å². The molecule has 5 heteroatoms. The van der Waals surface area contributed by atoms with E-state index in [1.807, 2.05) is 36.4 Å². The fraction of sp³-hybridized carbons (Fsp3) is 0.143. The molecule has 1 atom stereocenters. The van der Waals surface area contributed by atoms with Crippen LogP contribution in [0.3, 0.4) is 0 Å². The average molecular weight is 364 g/mol. The van der Waals surface area contributed by atoms with Gasteiger partial charge in [-0.3, -0.25) is 9.69 Å². The average Bonchev–Trinajstić information content (AvgIpc) is 2.92. The van der Waals surface area contributed by atoms with Gasteiger partial charge in [0.05, 0.1) is 5.02 Å². The molecule has 3 aromatic rings. The standard InChI is InChI=1S/C21H18ClN3O/c1-13-6-5-9-18(14(13)2)24-20-16-7-3-4-8-17(16)21(26)25(20)19-11-10-15(22)12-23-19/h3-12,20,24H,1-2H3/t20-/m1/s1. The lowest BCUT2D eigenvalue weighted by Gasteiger charge is -2.27. The third kappa shape index (κ3) is 2.72. The van der Waals surface area contributed by atoms with Gasteiger partial charge in [-0.2, -0.15) is 0 Å². The number of aryl methyl sites for hydroxylation is 1. The van der Waals surface area contributed by atoms with Crippen molar-refractivity contribution in [2.45, 2.75) is 20.0 Å². The van der Waals surface area contributed by atoms with Gasteiger partial charge >= 0.3 is 0 Å². The molecule has 130 valence electrons. The van der Waals surface area contributed by atoms with Crippen LogP contribution >= 0.6 is 11.6 Å². The highest BCUT2D eigenvalue weighted by molar-refractivity contribution is 6.30. The van der Waals surface area contributed by atoms with Gasteiger partial charge in [0.25, 0.3) is 5.91 Å². The molecular formula is C21H18ClN3O. The number of amides is 1. The van der Waals surface area contributed by atoms with E-state index >= 15 is 0 Å². The summed E-state index contributed by atoms with van der Waals surface area (Å²) in [5.74, 6) is 0.497. The van der Waals surface area contributed by atoms with Gasteiger partial charge in [-0.1, -0.05) is 41.9 Å². The Kier molecular flexibility index (Phi) is 4.13. The fourth-order valence-electron chi connectivity index (χ4n) is 3.26. The highest BCUT2D eigenvalue weighted by Gasteiger charge is 2.38. The largest absolute Gasteiger partial charge is 0.361 e. The van der Waals surface area contributed by atoms with Crippen LogP contribution < -0.4 is 10.2 Å². The monoisotopic (exact) mass is 363 g/mol. The van der Waals surface area contributed by atoms with Crippen molar-refractivity contribution in [1.29, 1.82) is 0 Å². The molecule has 1 aliphatic rings. The molecule has 0 saturated heterocycles. The number of hydrogen-bond acceptors (Lipinski definition) is 3. The Balaban J connectivity index is 1.81. The van der Waals surface area contributed by atoms with Crippen LogP contribution in [0.4, 0.5) is 11.5 Å². The van der Waals surface area contributed by atoms with E-state index in [-0.39, 0.29) is 12.1 Å². The number of pyridine rings is 1. The summed E-state index contributed by atoms with van der Waals surface area (Å²) in [6.45, 7) is 4.15. The van der Waals surface area contributed by atoms with Crippen LogP contribution in [-0.4, -0.2) is 10.9 Å². The minimum atomic E-state index is -0.326. The topological polar surface area (TPSA) is 45.2 Å². The van der Waals surface area contributed by atoms with Crippen molar-refractivity contribution in [1.82, 2.24) is 4.98 Å². The first-order valence-electron chi connectivity index (χ1n) is 8.43. The molecule has 4 rings (SSSR count). The lowest BCUT2D eigenvalue weighted by molar-refractivity contribution is 0.0992. The number of benzene rings is 2. The molecule has 1 aliphatic heterocycles. The van der Waals surface area contributed by atoms with Crippen molar-refractivity contribution in [3.63, 3.8) is 0 Å². The van der Waals surface area contributed by atoms with Crippen LogP contribution in [0.5, 0.6) is 0 Å². The normalized spacial score (nSPS) is 15.9. The van der Waals surface area contributed by atoms with Crippen molar-refractivity contribution in [3.05, 3.63) is 88.1 Å². The summed E-state index contributed by atoms with van der Waals surface area (Å²) in [5, 5.41) is 4.07. The number of hydrogen-bond donors (Lipinski definition) is 1. The second-order valence-electron chi connectivity index (χ2n) is 6.39. The molecular weight excluding hydrogens is 346 g/mol. The Labute approximate surface area is 157 Å². The van der Waals surface area contributed by atoms with Crippen molar-refractivity contribution in [2.75, 3.05) is 10.2 Å². The van der Waals surface area contributed by atoms with Gasteiger partial charge in [0.2, 0.25) is 0 Å². The van der Waals surface area contributed by atoms with E-state index < -0.39 is 0 Å². The maximum atomic E-state index is 13.0. The van der Waals surface area contributed by atoms with E-state index in [1.54, 1.807) is 23.2 Å². The fourth-order valence-corrected chi connectivity index (χ4v) is 3.37. The summed E-state index contributed by atoms with van der Waals surface area (Å²) >= 11 is 5.97. The molecule has 0 bridgehead atoms. The van der Waals surface area contributed by atoms with E-state index in [9.17, 15) is 4.79 Å². The third-order valence-corrected chi connectivity index (χ3v) is 5.04. The van der Waals surface area contributed by atoms with Crippen LogP contribution in [0.1, 0.15) is 33.2 Å². The van der Waals surface area contributed by atoms with Crippen molar-refractivity contribution in [2.24, 2.45) is 0 Å². The van der Waals surface area contributed by atoms with Crippen LogP contribution in [0.15, 0.2) is 60.8 Å². The van der Waals surface area contributed by atoms with E-state index in [0.717, 1.165) is 16.8 Å². The molecule has 1 N–H and O–H groups in total. The quantitative estimate of drug-likeness (QED) is 0.702. The Morgan fingerprint density at radius 1 is 1.04 bits per heavy atom. The minimum absolute atomic E-state index is 0.0711. The van der Waals surface area contributed by atoms with Crippen LogP contribution in [-0.2, 0) is 0 Å². The van der Waals surface area contributed by atoms with Crippen molar-refractivity contribution >= 4 is 29.0 Å². The van der Waals surface area contributed by atoms with Gasteiger partial charge < -0.3 is 5.32 Å². The second kappa shape index (κ2) is 6.46. The van der Waals surface area contributed by atoms with Gasteiger partial charge in [0, 0.05) is 23.0 Å². The highest BCUT2D eigenvalue weighted by Crippen LogP contribution is 2.38. The maximum absolute atomic E-state index is 13.0. The third-order valence-electron chi connectivity index (χ3n) is 4.82. The Hall–Kier alpha value is -2.85. The zero-order valence-electron chi connectivity index (χ0n) is 14.5. The summed E-state index contributed by atoms with van der Waals surface area (Å²) in [5.41, 5.74) is 4.98. The molecule has 0 aliphatic carbocycles. The molecule has 0 radical (unpaired) electrons. The number of carbonyl (C=O) groups is 1.